The van der Waals surface area contributed by atoms with Crippen molar-refractivity contribution < 1.29 is 9.47 Å². The Labute approximate surface area is 151 Å². The van der Waals surface area contributed by atoms with Crippen molar-refractivity contribution in [3.8, 4) is 33.3 Å². The number of benzene rings is 2. The highest BCUT2D eigenvalue weighted by Crippen LogP contribution is 2.35. The van der Waals surface area contributed by atoms with Crippen LogP contribution in [0.5, 0.6) is 11.5 Å². The number of hydrogen-bond donors (Lipinski definition) is 0. The molecule has 0 spiro atoms. The average Bonchev–Trinajstić information content (AvgIpc) is 3.14. The van der Waals surface area contributed by atoms with Gasteiger partial charge in [-0.3, -0.25) is 4.79 Å². The molecule has 0 fully saturated rings. The number of fused-ring (bicyclic) bond motifs is 2. The Morgan fingerprint density at radius 3 is 2.58 bits per heavy atom. The first-order valence-corrected chi connectivity index (χ1v) is 8.83. The molecule has 2 aromatic carbocycles. The van der Waals surface area contributed by atoms with Crippen LogP contribution in [-0.2, 0) is 0 Å². The molecule has 0 saturated carbocycles. The van der Waals surface area contributed by atoms with E-state index in [-0.39, 0.29) is 11.3 Å². The Morgan fingerprint density at radius 1 is 0.923 bits per heavy atom. The summed E-state index contributed by atoms with van der Waals surface area (Å²) < 4.78 is 12.5. The lowest BCUT2D eigenvalue weighted by Crippen LogP contribution is -2.19. The molecular formula is C18H12N4O3S. The molecule has 0 radical (unpaired) electrons. The maximum absolute atomic E-state index is 12.8. The zero-order chi connectivity index (χ0) is 17.5. The summed E-state index contributed by atoms with van der Waals surface area (Å²) in [7, 11) is 0. The summed E-state index contributed by atoms with van der Waals surface area (Å²) in [6.45, 7) is 1.06. The highest BCUT2D eigenvalue weighted by Gasteiger charge is 2.17. The Balaban J connectivity index is 1.63. The fourth-order valence-electron chi connectivity index (χ4n) is 2.78. The lowest BCUT2D eigenvalue weighted by molar-refractivity contribution is 0.171. The van der Waals surface area contributed by atoms with Gasteiger partial charge >= 0.3 is 5.56 Å². The molecule has 0 N–H and O–H groups in total. The quantitative estimate of drug-likeness (QED) is 0.544. The van der Waals surface area contributed by atoms with Gasteiger partial charge in [0.05, 0.1) is 0 Å². The zero-order valence-electron chi connectivity index (χ0n) is 13.5. The standard InChI is InChI=1S/C18H12N4O3S/c23-17-15(11-4-2-1-3-5-11)19-20-18-22(17)21-16(26-18)12-6-7-13-14(10-12)25-9-8-24-13/h1-7,10H,8-9H2. The fourth-order valence-corrected chi connectivity index (χ4v) is 3.62. The predicted octanol–water partition coefficient (Wildman–Crippen LogP) is 2.65. The van der Waals surface area contributed by atoms with Crippen molar-refractivity contribution in [2.75, 3.05) is 13.2 Å². The van der Waals surface area contributed by atoms with Crippen LogP contribution in [-0.4, -0.2) is 33.0 Å². The molecule has 1 aliphatic heterocycles. The van der Waals surface area contributed by atoms with Gasteiger partial charge in [0.15, 0.2) is 17.2 Å². The molecule has 26 heavy (non-hydrogen) atoms. The third kappa shape index (κ3) is 2.42. The molecule has 8 heteroatoms. The summed E-state index contributed by atoms with van der Waals surface area (Å²) in [5.74, 6) is 1.39. The third-order valence-corrected chi connectivity index (χ3v) is 4.97. The van der Waals surface area contributed by atoms with Crippen LogP contribution in [0.1, 0.15) is 0 Å². The van der Waals surface area contributed by atoms with Gasteiger partial charge in [0, 0.05) is 11.1 Å². The van der Waals surface area contributed by atoms with Crippen molar-refractivity contribution in [2.45, 2.75) is 0 Å². The third-order valence-electron chi connectivity index (χ3n) is 4.03. The van der Waals surface area contributed by atoms with Crippen LogP contribution in [0.3, 0.4) is 0 Å². The molecule has 0 amide bonds. The second-order valence-corrected chi connectivity index (χ2v) is 6.64. The minimum Gasteiger partial charge on any atom is -0.486 e. The second-order valence-electron chi connectivity index (χ2n) is 5.68. The summed E-state index contributed by atoms with van der Waals surface area (Å²) in [4.78, 5) is 13.2. The van der Waals surface area contributed by atoms with Crippen LogP contribution in [0.15, 0.2) is 53.3 Å². The van der Waals surface area contributed by atoms with Gasteiger partial charge in [-0.1, -0.05) is 41.7 Å². The van der Waals surface area contributed by atoms with E-state index >= 15 is 0 Å². The van der Waals surface area contributed by atoms with Crippen molar-refractivity contribution in [3.05, 3.63) is 58.9 Å². The largest absolute Gasteiger partial charge is 0.486 e. The number of hydrogen-bond acceptors (Lipinski definition) is 7. The van der Waals surface area contributed by atoms with Gasteiger partial charge in [-0.15, -0.1) is 10.2 Å². The molecule has 1 aliphatic rings. The van der Waals surface area contributed by atoms with Gasteiger partial charge in [-0.25, -0.2) is 0 Å². The van der Waals surface area contributed by atoms with Crippen molar-refractivity contribution in [1.29, 1.82) is 0 Å². The maximum Gasteiger partial charge on any atom is 0.302 e. The van der Waals surface area contributed by atoms with E-state index in [0.717, 1.165) is 5.56 Å². The summed E-state index contributed by atoms with van der Waals surface area (Å²) in [6, 6.07) is 14.8. The lowest BCUT2D eigenvalue weighted by atomic mass is 10.2. The van der Waals surface area contributed by atoms with E-state index in [4.69, 9.17) is 9.47 Å². The first-order chi connectivity index (χ1) is 12.8. The van der Waals surface area contributed by atoms with Gasteiger partial charge in [0.1, 0.15) is 18.2 Å². The molecule has 5 rings (SSSR count). The van der Waals surface area contributed by atoms with Crippen LogP contribution >= 0.6 is 11.3 Å². The number of nitrogens with zero attached hydrogens (tertiary/aromatic N) is 4. The highest BCUT2D eigenvalue weighted by molar-refractivity contribution is 7.19. The minimum atomic E-state index is -0.291. The molecule has 3 heterocycles. The van der Waals surface area contributed by atoms with Gasteiger partial charge < -0.3 is 9.47 Å². The molecule has 128 valence electrons. The van der Waals surface area contributed by atoms with Crippen LogP contribution in [0.2, 0.25) is 0 Å². The van der Waals surface area contributed by atoms with E-state index in [1.54, 1.807) is 0 Å². The first-order valence-electron chi connectivity index (χ1n) is 8.01. The lowest BCUT2D eigenvalue weighted by Gasteiger charge is -2.18. The van der Waals surface area contributed by atoms with Crippen LogP contribution in [0.25, 0.3) is 26.8 Å². The van der Waals surface area contributed by atoms with E-state index in [1.807, 2.05) is 48.5 Å². The average molecular weight is 364 g/mol. The summed E-state index contributed by atoms with van der Waals surface area (Å²) in [6.07, 6.45) is 0. The predicted molar refractivity (Wildman–Crippen MR) is 96.8 cm³/mol. The molecule has 2 aromatic heterocycles. The molecule has 0 unspecified atom stereocenters. The van der Waals surface area contributed by atoms with Gasteiger partial charge in [-0.05, 0) is 18.2 Å². The van der Waals surface area contributed by atoms with Gasteiger partial charge in [0.2, 0.25) is 4.96 Å². The Kier molecular flexibility index (Phi) is 3.42. The fraction of sp³-hybridized carbons (Fsp3) is 0.111. The SMILES string of the molecule is O=c1c(-c2ccccc2)nnc2sc(-c3ccc4c(c3)OCCO4)nn12. The van der Waals surface area contributed by atoms with E-state index in [0.29, 0.717) is 40.2 Å². The first kappa shape index (κ1) is 15.0. The second kappa shape index (κ2) is 5.92. The molecule has 0 saturated heterocycles. The Hall–Kier alpha value is -3.26. The highest BCUT2D eigenvalue weighted by atomic mass is 32.1. The van der Waals surface area contributed by atoms with Crippen molar-refractivity contribution in [1.82, 2.24) is 19.8 Å². The summed E-state index contributed by atoms with van der Waals surface area (Å²) >= 11 is 1.30. The molecule has 4 aromatic rings. The van der Waals surface area contributed by atoms with Crippen molar-refractivity contribution in [2.24, 2.45) is 0 Å². The van der Waals surface area contributed by atoms with Crippen LogP contribution < -0.4 is 15.0 Å². The minimum absolute atomic E-state index is 0.280. The molecule has 0 bridgehead atoms. The number of aromatic nitrogens is 4. The van der Waals surface area contributed by atoms with Crippen molar-refractivity contribution >= 4 is 16.3 Å². The zero-order valence-corrected chi connectivity index (χ0v) is 14.3. The normalized spacial score (nSPS) is 13.1. The number of ether oxygens (including phenoxy) is 2. The molecule has 0 atom stereocenters. The van der Waals surface area contributed by atoms with E-state index in [2.05, 4.69) is 15.3 Å². The van der Waals surface area contributed by atoms with Crippen molar-refractivity contribution in [3.63, 3.8) is 0 Å². The smallest absolute Gasteiger partial charge is 0.302 e. The number of rotatable bonds is 2. The summed E-state index contributed by atoms with van der Waals surface area (Å²) in [5, 5.41) is 13.4. The maximum atomic E-state index is 12.8. The van der Waals surface area contributed by atoms with Gasteiger partial charge in [-0.2, -0.15) is 9.61 Å². The van der Waals surface area contributed by atoms with Gasteiger partial charge in [0.25, 0.3) is 0 Å². The van der Waals surface area contributed by atoms with E-state index < -0.39 is 0 Å². The van der Waals surface area contributed by atoms with E-state index in [9.17, 15) is 4.79 Å². The topological polar surface area (TPSA) is 78.6 Å². The molecule has 0 aliphatic carbocycles. The Morgan fingerprint density at radius 2 is 1.73 bits per heavy atom. The summed E-state index contributed by atoms with van der Waals surface area (Å²) in [5.41, 5.74) is 1.54. The Bertz CT molecular complexity index is 1170. The van der Waals surface area contributed by atoms with Crippen LogP contribution in [0, 0.1) is 0 Å². The molecule has 7 nitrogen and oxygen atoms in total. The van der Waals surface area contributed by atoms with E-state index in [1.165, 1.54) is 15.9 Å². The van der Waals surface area contributed by atoms with Crippen LogP contribution in [0.4, 0.5) is 0 Å². The monoisotopic (exact) mass is 364 g/mol. The molecular weight excluding hydrogens is 352 g/mol.